The first-order chi connectivity index (χ1) is 6.02. The van der Waals surface area contributed by atoms with Crippen molar-refractivity contribution in [3.05, 3.63) is 27.4 Å². The van der Waals surface area contributed by atoms with Crippen LogP contribution in [0.4, 0.5) is 5.82 Å². The first-order valence-corrected chi connectivity index (χ1v) is 4.36. The van der Waals surface area contributed by atoms with Crippen molar-refractivity contribution in [2.45, 2.75) is 6.92 Å². The van der Waals surface area contributed by atoms with Gasteiger partial charge in [-0.3, -0.25) is 4.57 Å². The van der Waals surface area contributed by atoms with Gasteiger partial charge in [-0.1, -0.05) is 6.58 Å². The summed E-state index contributed by atoms with van der Waals surface area (Å²) in [5.74, 6) is 0.591. The van der Waals surface area contributed by atoms with E-state index in [0.717, 1.165) is 0 Å². The van der Waals surface area contributed by atoms with Crippen LogP contribution >= 0.6 is 15.9 Å². The molecule has 0 N–H and O–H groups in total. The van der Waals surface area contributed by atoms with E-state index in [2.05, 4.69) is 27.5 Å². The molecule has 0 aliphatic rings. The van der Waals surface area contributed by atoms with E-state index in [1.807, 2.05) is 0 Å². The van der Waals surface area contributed by atoms with Gasteiger partial charge in [0.25, 0.3) is 0 Å². The van der Waals surface area contributed by atoms with Crippen LogP contribution in [0.15, 0.2) is 25.3 Å². The van der Waals surface area contributed by atoms with Gasteiger partial charge in [0.1, 0.15) is 5.76 Å². The molecule has 0 spiro atoms. The summed E-state index contributed by atoms with van der Waals surface area (Å²) in [6.07, 6.45) is 1.51. The molecule has 0 aromatic carbocycles. The largest absolute Gasteiger partial charge is 0.420 e. The first-order valence-electron chi connectivity index (χ1n) is 3.57. The molecule has 1 rings (SSSR count). The fourth-order valence-corrected chi connectivity index (χ4v) is 0.979. The van der Waals surface area contributed by atoms with Gasteiger partial charge in [0.15, 0.2) is 5.82 Å². The molecule has 5 heteroatoms. The lowest BCUT2D eigenvalue weighted by molar-refractivity contribution is 0.472. The molecule has 0 unspecified atom stereocenters. The Bertz CT molecular complexity index is 414. The van der Waals surface area contributed by atoms with Gasteiger partial charge in [-0.2, -0.15) is 0 Å². The number of nitrogens with zero attached hydrogens (tertiary/aromatic N) is 2. The molecular formula is C8H9BrN2O2. The molecule has 0 fully saturated rings. The van der Waals surface area contributed by atoms with E-state index in [9.17, 15) is 4.79 Å². The maximum atomic E-state index is 11.0. The number of aromatic nitrogens is 1. The molecule has 0 aliphatic heterocycles. The number of allylic oxidation sites excluding steroid dienone is 1. The molecule has 1 heterocycles. The molecule has 0 atom stereocenters. The standard InChI is InChI=1S/C8H9BrN2O2/c1-5(9)4-10-7-6(2)13-8(12)11(7)3/h4H,1H2,2-3H3. The molecule has 13 heavy (non-hydrogen) atoms. The third-order valence-electron chi connectivity index (χ3n) is 1.47. The fraction of sp³-hybridized carbons (Fsp3) is 0.250. The van der Waals surface area contributed by atoms with Crippen LogP contribution in [0.2, 0.25) is 0 Å². The third-order valence-corrected chi connectivity index (χ3v) is 1.68. The summed E-state index contributed by atoms with van der Waals surface area (Å²) < 4.78 is 6.80. The Morgan fingerprint density at radius 2 is 2.38 bits per heavy atom. The monoisotopic (exact) mass is 244 g/mol. The van der Waals surface area contributed by atoms with E-state index in [-0.39, 0.29) is 0 Å². The molecule has 0 saturated carbocycles. The Morgan fingerprint density at radius 1 is 1.77 bits per heavy atom. The van der Waals surface area contributed by atoms with Crippen molar-refractivity contribution in [2.24, 2.45) is 12.0 Å². The predicted molar refractivity (Wildman–Crippen MR) is 54.9 cm³/mol. The Labute approximate surface area is 83.7 Å². The Morgan fingerprint density at radius 3 is 2.77 bits per heavy atom. The van der Waals surface area contributed by atoms with E-state index in [0.29, 0.717) is 16.1 Å². The molecule has 0 aliphatic carbocycles. The number of rotatable bonds is 2. The molecule has 0 amide bonds. The maximum Gasteiger partial charge on any atom is 0.420 e. The zero-order chi connectivity index (χ0) is 10.0. The van der Waals surface area contributed by atoms with Crippen LogP contribution in [0, 0.1) is 6.92 Å². The molecule has 1 aromatic heterocycles. The van der Waals surface area contributed by atoms with E-state index in [4.69, 9.17) is 4.42 Å². The van der Waals surface area contributed by atoms with Crippen molar-refractivity contribution in [1.29, 1.82) is 0 Å². The number of aryl methyl sites for hydroxylation is 1. The Balaban J connectivity index is 3.15. The van der Waals surface area contributed by atoms with Crippen molar-refractivity contribution >= 4 is 28.0 Å². The van der Waals surface area contributed by atoms with Gasteiger partial charge >= 0.3 is 5.76 Å². The predicted octanol–water partition coefficient (Wildman–Crippen LogP) is 1.90. The summed E-state index contributed by atoms with van der Waals surface area (Å²) in [6, 6.07) is 0. The van der Waals surface area contributed by atoms with Crippen LogP contribution in [0.3, 0.4) is 0 Å². The highest BCUT2D eigenvalue weighted by atomic mass is 79.9. The smallest absolute Gasteiger partial charge is 0.411 e. The summed E-state index contributed by atoms with van der Waals surface area (Å²) >= 11 is 3.13. The van der Waals surface area contributed by atoms with Gasteiger partial charge in [-0.05, 0) is 22.9 Å². The number of hydrogen-bond donors (Lipinski definition) is 0. The first kappa shape index (κ1) is 9.98. The second-order valence-electron chi connectivity index (χ2n) is 2.51. The van der Waals surface area contributed by atoms with Crippen molar-refractivity contribution in [3.63, 3.8) is 0 Å². The van der Waals surface area contributed by atoms with Crippen LogP contribution in [0.25, 0.3) is 0 Å². The van der Waals surface area contributed by atoms with E-state index in [1.165, 1.54) is 10.8 Å². The summed E-state index contributed by atoms with van der Waals surface area (Å²) in [6.45, 7) is 5.27. The second kappa shape index (κ2) is 3.74. The molecular weight excluding hydrogens is 236 g/mol. The SMILES string of the molecule is C=C(Br)C=Nc1c(C)oc(=O)n1C. The Kier molecular flexibility index (Phi) is 2.87. The molecule has 0 saturated heterocycles. The van der Waals surface area contributed by atoms with Gasteiger partial charge in [0, 0.05) is 17.7 Å². The van der Waals surface area contributed by atoms with E-state index < -0.39 is 5.76 Å². The topological polar surface area (TPSA) is 47.5 Å². The van der Waals surface area contributed by atoms with Crippen molar-refractivity contribution < 1.29 is 4.42 Å². The zero-order valence-corrected chi connectivity index (χ0v) is 8.96. The van der Waals surface area contributed by atoms with Crippen LogP contribution < -0.4 is 5.76 Å². The van der Waals surface area contributed by atoms with Gasteiger partial charge in [0.05, 0.1) is 0 Å². The summed E-state index contributed by atoms with van der Waals surface area (Å²) in [5, 5.41) is 0. The fourth-order valence-electron chi connectivity index (χ4n) is 0.876. The minimum absolute atomic E-state index is 0.412. The lowest BCUT2D eigenvalue weighted by Crippen LogP contribution is -2.08. The third kappa shape index (κ3) is 2.18. The van der Waals surface area contributed by atoms with Crippen LogP contribution in [-0.2, 0) is 7.05 Å². The van der Waals surface area contributed by atoms with Gasteiger partial charge in [-0.25, -0.2) is 9.79 Å². The van der Waals surface area contributed by atoms with Gasteiger partial charge in [0.2, 0.25) is 0 Å². The van der Waals surface area contributed by atoms with E-state index in [1.54, 1.807) is 14.0 Å². The summed E-state index contributed by atoms with van der Waals surface area (Å²) in [4.78, 5) is 15.0. The van der Waals surface area contributed by atoms with Crippen molar-refractivity contribution in [1.82, 2.24) is 4.57 Å². The number of hydrogen-bond acceptors (Lipinski definition) is 3. The molecule has 0 bridgehead atoms. The minimum atomic E-state index is -0.412. The Hall–Kier alpha value is -1.10. The van der Waals surface area contributed by atoms with E-state index >= 15 is 0 Å². The molecule has 4 nitrogen and oxygen atoms in total. The normalized spacial score (nSPS) is 11.0. The summed E-state index contributed by atoms with van der Waals surface area (Å²) in [7, 11) is 1.60. The zero-order valence-electron chi connectivity index (χ0n) is 7.37. The van der Waals surface area contributed by atoms with Crippen molar-refractivity contribution in [2.75, 3.05) is 0 Å². The van der Waals surface area contributed by atoms with Crippen LogP contribution in [0.5, 0.6) is 0 Å². The highest BCUT2D eigenvalue weighted by Crippen LogP contribution is 2.15. The van der Waals surface area contributed by atoms with Crippen LogP contribution in [0.1, 0.15) is 5.76 Å². The molecule has 1 aromatic rings. The molecule has 70 valence electrons. The number of oxazole rings is 1. The minimum Gasteiger partial charge on any atom is -0.411 e. The lowest BCUT2D eigenvalue weighted by Gasteiger charge is -1.91. The highest BCUT2D eigenvalue weighted by molar-refractivity contribution is 9.12. The average Bonchev–Trinajstić information content (AvgIpc) is 2.24. The summed E-state index contributed by atoms with van der Waals surface area (Å²) in [5.41, 5.74) is 0. The van der Waals surface area contributed by atoms with Crippen LogP contribution in [-0.4, -0.2) is 10.8 Å². The highest BCUT2D eigenvalue weighted by Gasteiger charge is 2.07. The average molecular weight is 245 g/mol. The number of aliphatic imine (C=N–C) groups is 1. The second-order valence-corrected chi connectivity index (χ2v) is 3.53. The van der Waals surface area contributed by atoms with Gasteiger partial charge < -0.3 is 4.42 Å². The van der Waals surface area contributed by atoms with Crippen molar-refractivity contribution in [3.8, 4) is 0 Å². The van der Waals surface area contributed by atoms with Gasteiger partial charge in [-0.15, -0.1) is 0 Å². The quantitative estimate of drug-likeness (QED) is 0.747. The maximum absolute atomic E-state index is 11.0. The number of halogens is 1. The lowest BCUT2D eigenvalue weighted by atomic mass is 10.5. The molecule has 0 radical (unpaired) electrons.